The van der Waals surface area contributed by atoms with Crippen LogP contribution in [0.25, 0.3) is 0 Å². The van der Waals surface area contributed by atoms with Crippen LogP contribution in [0, 0.1) is 5.92 Å². The summed E-state index contributed by atoms with van der Waals surface area (Å²) in [7, 11) is 0. The van der Waals surface area contributed by atoms with Crippen molar-refractivity contribution in [1.29, 1.82) is 0 Å². The average Bonchev–Trinajstić information content (AvgIpc) is 3.49. The molecule has 1 aromatic heterocycles. The molecule has 2 aliphatic rings. The van der Waals surface area contributed by atoms with E-state index in [1.165, 1.54) is 5.56 Å². The smallest absolute Gasteiger partial charge is 0.191 e. The maximum absolute atomic E-state index is 5.52. The summed E-state index contributed by atoms with van der Waals surface area (Å²) < 4.78 is 11.0. The number of rotatable bonds is 8. The number of furan rings is 1. The van der Waals surface area contributed by atoms with Crippen LogP contribution in [0.4, 0.5) is 0 Å². The summed E-state index contributed by atoms with van der Waals surface area (Å²) in [5.74, 6) is 2.46. The zero-order chi connectivity index (χ0) is 21.3. The van der Waals surface area contributed by atoms with Gasteiger partial charge in [-0.05, 0) is 43.9 Å². The molecule has 2 fully saturated rings. The molecule has 0 radical (unpaired) electrons. The molecule has 0 spiro atoms. The second-order valence-corrected chi connectivity index (χ2v) is 8.85. The van der Waals surface area contributed by atoms with Gasteiger partial charge in [0.05, 0.1) is 12.9 Å². The third kappa shape index (κ3) is 6.84. The average molecular weight is 425 g/mol. The lowest BCUT2D eigenvalue weighted by atomic mass is 9.97. The Balaban J connectivity index is 1.29. The van der Waals surface area contributed by atoms with Gasteiger partial charge in [0.25, 0.3) is 0 Å². The molecule has 4 rings (SSSR count). The van der Waals surface area contributed by atoms with Gasteiger partial charge < -0.3 is 19.8 Å². The van der Waals surface area contributed by atoms with Crippen molar-refractivity contribution >= 4 is 5.96 Å². The lowest BCUT2D eigenvalue weighted by Crippen LogP contribution is -2.51. The SMILES string of the molecule is CC1CC(NC(=NCC2CCOC2)NCCc2ccco2)CCN1Cc1ccccc1. The van der Waals surface area contributed by atoms with Gasteiger partial charge in [0, 0.05) is 57.2 Å². The molecule has 0 aliphatic carbocycles. The predicted octanol–water partition coefficient (Wildman–Crippen LogP) is 3.45. The quantitative estimate of drug-likeness (QED) is 0.502. The van der Waals surface area contributed by atoms with Crippen molar-refractivity contribution in [2.24, 2.45) is 10.9 Å². The van der Waals surface area contributed by atoms with E-state index in [9.17, 15) is 0 Å². The third-order valence-corrected chi connectivity index (χ3v) is 6.36. The zero-order valence-electron chi connectivity index (χ0n) is 18.6. The Labute approximate surface area is 186 Å². The van der Waals surface area contributed by atoms with E-state index in [0.717, 1.165) is 76.8 Å². The molecule has 0 amide bonds. The molecule has 1 aromatic carbocycles. The molecule has 2 aromatic rings. The van der Waals surface area contributed by atoms with Gasteiger partial charge in [-0.15, -0.1) is 0 Å². The van der Waals surface area contributed by atoms with E-state index >= 15 is 0 Å². The standard InChI is InChI=1S/C25H36N4O2/c1-20-16-23(10-13-29(20)18-21-6-3-2-4-7-21)28-25(27-17-22-11-15-30-19-22)26-12-9-24-8-5-14-31-24/h2-8,14,20,22-23H,9-13,15-19H2,1H3,(H2,26,27,28). The first-order valence-electron chi connectivity index (χ1n) is 11.7. The molecular weight excluding hydrogens is 388 g/mol. The molecule has 6 heteroatoms. The van der Waals surface area contributed by atoms with Gasteiger partial charge in [0.2, 0.25) is 0 Å². The van der Waals surface area contributed by atoms with E-state index in [1.54, 1.807) is 6.26 Å². The predicted molar refractivity (Wildman–Crippen MR) is 124 cm³/mol. The van der Waals surface area contributed by atoms with E-state index < -0.39 is 0 Å². The number of likely N-dealkylation sites (tertiary alicyclic amines) is 1. The summed E-state index contributed by atoms with van der Waals surface area (Å²) in [5.41, 5.74) is 1.39. The van der Waals surface area contributed by atoms with Crippen molar-refractivity contribution in [3.63, 3.8) is 0 Å². The van der Waals surface area contributed by atoms with Gasteiger partial charge in [-0.1, -0.05) is 30.3 Å². The van der Waals surface area contributed by atoms with Crippen molar-refractivity contribution in [2.75, 3.05) is 32.8 Å². The number of benzene rings is 1. The van der Waals surface area contributed by atoms with Crippen molar-refractivity contribution in [3.8, 4) is 0 Å². The Hall–Kier alpha value is -2.31. The molecule has 0 bridgehead atoms. The molecule has 2 saturated heterocycles. The normalized spacial score (nSPS) is 24.9. The molecule has 31 heavy (non-hydrogen) atoms. The maximum Gasteiger partial charge on any atom is 0.191 e. The van der Waals surface area contributed by atoms with Crippen LogP contribution in [0.3, 0.4) is 0 Å². The van der Waals surface area contributed by atoms with E-state index in [2.05, 4.69) is 52.8 Å². The first-order chi connectivity index (χ1) is 15.3. The molecule has 168 valence electrons. The Kier molecular flexibility index (Phi) is 8.02. The van der Waals surface area contributed by atoms with Gasteiger partial charge in [-0.3, -0.25) is 9.89 Å². The van der Waals surface area contributed by atoms with E-state index in [0.29, 0.717) is 18.0 Å². The number of piperidine rings is 1. The van der Waals surface area contributed by atoms with Gasteiger partial charge >= 0.3 is 0 Å². The summed E-state index contributed by atoms with van der Waals surface area (Å²) in [6.45, 7) is 7.79. The van der Waals surface area contributed by atoms with Crippen LogP contribution in [0.2, 0.25) is 0 Å². The fourth-order valence-corrected chi connectivity index (χ4v) is 4.46. The molecule has 2 N–H and O–H groups in total. The summed E-state index contributed by atoms with van der Waals surface area (Å²) in [4.78, 5) is 7.49. The molecule has 2 aliphatic heterocycles. The molecule has 3 atom stereocenters. The van der Waals surface area contributed by atoms with Crippen LogP contribution in [-0.4, -0.2) is 55.8 Å². The first-order valence-corrected chi connectivity index (χ1v) is 11.7. The van der Waals surface area contributed by atoms with Crippen LogP contribution in [0.5, 0.6) is 0 Å². The van der Waals surface area contributed by atoms with Crippen molar-refractivity contribution in [2.45, 2.75) is 51.2 Å². The Morgan fingerprint density at radius 3 is 2.81 bits per heavy atom. The maximum atomic E-state index is 5.52. The molecule has 3 heterocycles. The minimum atomic E-state index is 0.441. The minimum Gasteiger partial charge on any atom is -0.469 e. The number of nitrogens with zero attached hydrogens (tertiary/aromatic N) is 2. The highest BCUT2D eigenvalue weighted by Gasteiger charge is 2.26. The number of hydrogen-bond acceptors (Lipinski definition) is 4. The fraction of sp³-hybridized carbons (Fsp3) is 0.560. The highest BCUT2D eigenvalue weighted by Crippen LogP contribution is 2.20. The summed E-state index contributed by atoms with van der Waals surface area (Å²) in [6.07, 6.45) is 5.94. The van der Waals surface area contributed by atoms with Gasteiger partial charge in [-0.2, -0.15) is 0 Å². The number of hydrogen-bond donors (Lipinski definition) is 2. The lowest BCUT2D eigenvalue weighted by molar-refractivity contribution is 0.134. The van der Waals surface area contributed by atoms with E-state index in [4.69, 9.17) is 14.1 Å². The Morgan fingerprint density at radius 2 is 2.06 bits per heavy atom. The number of nitrogens with one attached hydrogen (secondary N) is 2. The lowest BCUT2D eigenvalue weighted by Gasteiger charge is -2.38. The molecule has 3 unspecified atom stereocenters. The number of ether oxygens (including phenoxy) is 1. The molecule has 0 saturated carbocycles. The Bertz CT molecular complexity index is 787. The van der Waals surface area contributed by atoms with Gasteiger partial charge in [0.15, 0.2) is 5.96 Å². The minimum absolute atomic E-state index is 0.441. The van der Waals surface area contributed by atoms with Gasteiger partial charge in [-0.25, -0.2) is 0 Å². The Morgan fingerprint density at radius 1 is 1.16 bits per heavy atom. The summed E-state index contributed by atoms with van der Waals surface area (Å²) in [5, 5.41) is 7.24. The van der Waals surface area contributed by atoms with Gasteiger partial charge in [0.1, 0.15) is 5.76 Å². The third-order valence-electron chi connectivity index (χ3n) is 6.36. The van der Waals surface area contributed by atoms with Crippen LogP contribution in [-0.2, 0) is 17.7 Å². The molecular formula is C25H36N4O2. The second-order valence-electron chi connectivity index (χ2n) is 8.85. The highest BCUT2D eigenvalue weighted by atomic mass is 16.5. The van der Waals surface area contributed by atoms with Crippen molar-refractivity contribution < 1.29 is 9.15 Å². The topological polar surface area (TPSA) is 62.0 Å². The van der Waals surface area contributed by atoms with Crippen molar-refractivity contribution in [3.05, 3.63) is 60.1 Å². The fourth-order valence-electron chi connectivity index (χ4n) is 4.46. The largest absolute Gasteiger partial charge is 0.469 e. The summed E-state index contributed by atoms with van der Waals surface area (Å²) in [6, 6.07) is 15.7. The first kappa shape index (κ1) is 21.9. The number of aliphatic imine (C=N–C) groups is 1. The van der Waals surface area contributed by atoms with Crippen molar-refractivity contribution in [1.82, 2.24) is 15.5 Å². The van der Waals surface area contributed by atoms with Crippen LogP contribution in [0.1, 0.15) is 37.5 Å². The van der Waals surface area contributed by atoms with E-state index in [-0.39, 0.29) is 0 Å². The van der Waals surface area contributed by atoms with E-state index in [1.807, 2.05) is 12.1 Å². The summed E-state index contributed by atoms with van der Waals surface area (Å²) >= 11 is 0. The van der Waals surface area contributed by atoms with Crippen LogP contribution >= 0.6 is 0 Å². The zero-order valence-corrected chi connectivity index (χ0v) is 18.6. The monoisotopic (exact) mass is 424 g/mol. The molecule has 6 nitrogen and oxygen atoms in total. The highest BCUT2D eigenvalue weighted by molar-refractivity contribution is 5.80. The number of guanidine groups is 1. The van der Waals surface area contributed by atoms with Crippen LogP contribution in [0.15, 0.2) is 58.1 Å². The second kappa shape index (κ2) is 11.3. The van der Waals surface area contributed by atoms with Crippen LogP contribution < -0.4 is 10.6 Å².